The standard InChI is InChI=1S/C11H26NO2PS/c1-5-8-10-12(11-9-6-2)15(13,16-4)14-7-3/h5-11H2,1-4H3. The maximum Gasteiger partial charge on any atom is 0.328 e. The molecular formula is C11H26NO2PS. The minimum Gasteiger partial charge on any atom is -0.310 e. The number of unbranched alkanes of at least 4 members (excludes halogenated alkanes) is 2. The van der Waals surface area contributed by atoms with Crippen LogP contribution in [0.25, 0.3) is 0 Å². The number of rotatable bonds is 10. The smallest absolute Gasteiger partial charge is 0.310 e. The zero-order chi connectivity index (χ0) is 12.4. The summed E-state index contributed by atoms with van der Waals surface area (Å²) in [5, 5.41) is 0. The molecule has 0 saturated carbocycles. The molecule has 0 aromatic heterocycles. The normalized spacial score (nSPS) is 15.3. The van der Waals surface area contributed by atoms with Gasteiger partial charge in [-0.25, -0.2) is 4.67 Å². The van der Waals surface area contributed by atoms with Crippen LogP contribution in [0.5, 0.6) is 0 Å². The molecule has 0 fully saturated rings. The zero-order valence-electron chi connectivity index (χ0n) is 11.1. The maximum atomic E-state index is 12.6. The van der Waals surface area contributed by atoms with E-state index in [9.17, 15) is 4.57 Å². The van der Waals surface area contributed by atoms with Crippen LogP contribution in [0.1, 0.15) is 46.5 Å². The van der Waals surface area contributed by atoms with Crippen LogP contribution >= 0.6 is 18.1 Å². The molecule has 0 spiro atoms. The summed E-state index contributed by atoms with van der Waals surface area (Å²) in [6.45, 7) is 5.88. The van der Waals surface area contributed by atoms with Gasteiger partial charge in [-0.15, -0.1) is 0 Å². The van der Waals surface area contributed by atoms with Gasteiger partial charge < -0.3 is 4.52 Å². The van der Waals surface area contributed by atoms with Gasteiger partial charge in [-0.1, -0.05) is 38.1 Å². The third kappa shape index (κ3) is 5.72. The number of nitrogens with zero attached hydrogens (tertiary/aromatic N) is 1. The zero-order valence-corrected chi connectivity index (χ0v) is 12.8. The van der Waals surface area contributed by atoms with Crippen molar-refractivity contribution in [2.75, 3.05) is 26.0 Å². The minimum absolute atomic E-state index is 0.521. The average molecular weight is 267 g/mol. The van der Waals surface area contributed by atoms with Crippen LogP contribution in [0.15, 0.2) is 0 Å². The quantitative estimate of drug-likeness (QED) is 0.549. The Hall–Kier alpha value is 0.500. The van der Waals surface area contributed by atoms with Crippen LogP contribution in [0, 0.1) is 0 Å². The van der Waals surface area contributed by atoms with Gasteiger partial charge in [0, 0.05) is 13.1 Å². The topological polar surface area (TPSA) is 29.5 Å². The number of hydrogen-bond acceptors (Lipinski definition) is 3. The highest BCUT2D eigenvalue weighted by molar-refractivity contribution is 8.55. The second-order valence-corrected chi connectivity index (χ2v) is 8.34. The molecule has 5 heteroatoms. The molecule has 98 valence electrons. The molecular weight excluding hydrogens is 241 g/mol. The molecule has 0 radical (unpaired) electrons. The summed E-state index contributed by atoms with van der Waals surface area (Å²) >= 11 is 1.37. The fraction of sp³-hybridized carbons (Fsp3) is 1.00. The van der Waals surface area contributed by atoms with Gasteiger partial charge in [0.15, 0.2) is 0 Å². The van der Waals surface area contributed by atoms with Gasteiger partial charge in [-0.3, -0.25) is 4.57 Å². The van der Waals surface area contributed by atoms with E-state index in [1.54, 1.807) is 0 Å². The molecule has 0 amide bonds. The Morgan fingerprint density at radius 3 is 1.94 bits per heavy atom. The van der Waals surface area contributed by atoms with Crippen molar-refractivity contribution in [3.63, 3.8) is 0 Å². The van der Waals surface area contributed by atoms with Gasteiger partial charge >= 0.3 is 6.72 Å². The summed E-state index contributed by atoms with van der Waals surface area (Å²) in [5.41, 5.74) is 0. The molecule has 0 aliphatic heterocycles. The molecule has 0 rings (SSSR count). The van der Waals surface area contributed by atoms with Gasteiger partial charge in [-0.05, 0) is 26.0 Å². The fourth-order valence-corrected chi connectivity index (χ4v) is 4.86. The maximum absolute atomic E-state index is 12.6. The molecule has 0 aliphatic carbocycles. The second-order valence-electron chi connectivity index (χ2n) is 3.73. The summed E-state index contributed by atoms with van der Waals surface area (Å²) in [4.78, 5) is 0. The number of hydrogen-bond donors (Lipinski definition) is 0. The third-order valence-corrected chi connectivity index (χ3v) is 6.94. The molecule has 1 atom stereocenters. The van der Waals surface area contributed by atoms with Crippen molar-refractivity contribution < 1.29 is 9.09 Å². The van der Waals surface area contributed by atoms with Crippen molar-refractivity contribution in [3.8, 4) is 0 Å². The summed E-state index contributed by atoms with van der Waals surface area (Å²) < 4.78 is 20.1. The van der Waals surface area contributed by atoms with E-state index >= 15 is 0 Å². The van der Waals surface area contributed by atoms with E-state index in [4.69, 9.17) is 4.52 Å². The highest BCUT2D eigenvalue weighted by Gasteiger charge is 2.29. The van der Waals surface area contributed by atoms with E-state index in [2.05, 4.69) is 13.8 Å². The Morgan fingerprint density at radius 2 is 1.62 bits per heavy atom. The van der Waals surface area contributed by atoms with Gasteiger partial charge in [0.2, 0.25) is 0 Å². The Kier molecular flexibility index (Phi) is 9.82. The molecule has 0 N–H and O–H groups in total. The first-order chi connectivity index (χ1) is 7.64. The lowest BCUT2D eigenvalue weighted by atomic mass is 10.3. The van der Waals surface area contributed by atoms with E-state index in [-0.39, 0.29) is 0 Å². The SMILES string of the molecule is CCCCN(CCCC)P(=O)(OCC)SC. The lowest BCUT2D eigenvalue weighted by molar-refractivity contribution is 0.281. The first kappa shape index (κ1) is 16.5. The predicted molar refractivity (Wildman–Crippen MR) is 74.1 cm³/mol. The van der Waals surface area contributed by atoms with E-state index < -0.39 is 6.72 Å². The first-order valence-electron chi connectivity index (χ1n) is 6.20. The van der Waals surface area contributed by atoms with Crippen LogP contribution in [0.2, 0.25) is 0 Å². The monoisotopic (exact) mass is 267 g/mol. The Morgan fingerprint density at radius 1 is 1.12 bits per heavy atom. The average Bonchev–Trinajstić information content (AvgIpc) is 2.29. The molecule has 1 unspecified atom stereocenters. The summed E-state index contributed by atoms with van der Waals surface area (Å²) in [6, 6.07) is 0. The highest BCUT2D eigenvalue weighted by atomic mass is 32.7. The van der Waals surface area contributed by atoms with Crippen molar-refractivity contribution >= 4 is 18.1 Å². The van der Waals surface area contributed by atoms with Crippen LogP contribution < -0.4 is 0 Å². The molecule has 3 nitrogen and oxygen atoms in total. The lowest BCUT2D eigenvalue weighted by Gasteiger charge is -2.29. The van der Waals surface area contributed by atoms with Crippen LogP contribution in [0.4, 0.5) is 0 Å². The minimum atomic E-state index is -2.62. The van der Waals surface area contributed by atoms with Crippen molar-refractivity contribution in [1.82, 2.24) is 4.67 Å². The Bertz CT molecular complexity index is 206. The Labute approximate surface area is 105 Å². The largest absolute Gasteiger partial charge is 0.328 e. The predicted octanol–water partition coefficient (Wildman–Crippen LogP) is 4.40. The van der Waals surface area contributed by atoms with E-state index in [0.29, 0.717) is 6.61 Å². The molecule has 0 aliphatic rings. The fourth-order valence-electron chi connectivity index (χ4n) is 1.45. The summed E-state index contributed by atoms with van der Waals surface area (Å²) in [6.07, 6.45) is 6.30. The van der Waals surface area contributed by atoms with Crippen molar-refractivity contribution in [1.29, 1.82) is 0 Å². The van der Waals surface area contributed by atoms with Crippen LogP contribution in [0.3, 0.4) is 0 Å². The molecule has 0 aromatic carbocycles. The van der Waals surface area contributed by atoms with Crippen molar-refractivity contribution in [2.24, 2.45) is 0 Å². The molecule has 0 saturated heterocycles. The van der Waals surface area contributed by atoms with Gasteiger partial charge in [0.1, 0.15) is 0 Å². The first-order valence-corrected chi connectivity index (χ1v) is 9.61. The summed E-state index contributed by atoms with van der Waals surface area (Å²) in [5.74, 6) is 0. The molecule has 16 heavy (non-hydrogen) atoms. The second kappa shape index (κ2) is 9.52. The van der Waals surface area contributed by atoms with E-state index in [1.807, 2.05) is 17.8 Å². The third-order valence-electron chi connectivity index (χ3n) is 2.41. The summed E-state index contributed by atoms with van der Waals surface area (Å²) in [7, 11) is 0. The lowest BCUT2D eigenvalue weighted by Crippen LogP contribution is -2.23. The molecule has 0 heterocycles. The van der Waals surface area contributed by atoms with Crippen molar-refractivity contribution in [2.45, 2.75) is 46.5 Å². The highest BCUT2D eigenvalue weighted by Crippen LogP contribution is 2.61. The van der Waals surface area contributed by atoms with Crippen molar-refractivity contribution in [3.05, 3.63) is 0 Å². The van der Waals surface area contributed by atoms with Gasteiger partial charge in [0.25, 0.3) is 0 Å². The van der Waals surface area contributed by atoms with Crippen LogP contribution in [-0.2, 0) is 9.09 Å². The van der Waals surface area contributed by atoms with E-state index in [1.165, 1.54) is 11.4 Å². The van der Waals surface area contributed by atoms with E-state index in [0.717, 1.165) is 38.8 Å². The molecule has 0 aromatic rings. The van der Waals surface area contributed by atoms with Gasteiger partial charge in [-0.2, -0.15) is 0 Å². The Balaban J connectivity index is 4.47. The van der Waals surface area contributed by atoms with Crippen LogP contribution in [-0.4, -0.2) is 30.6 Å². The van der Waals surface area contributed by atoms with Gasteiger partial charge in [0.05, 0.1) is 6.61 Å². The molecule has 0 bridgehead atoms.